The van der Waals surface area contributed by atoms with Crippen LogP contribution in [0.15, 0.2) is 12.3 Å². The van der Waals surface area contributed by atoms with E-state index in [0.29, 0.717) is 6.04 Å². The van der Waals surface area contributed by atoms with E-state index in [0.717, 1.165) is 38.2 Å². The Kier molecular flexibility index (Phi) is 4.65. The zero-order chi connectivity index (χ0) is 14.6. The van der Waals surface area contributed by atoms with Crippen molar-refractivity contribution in [2.75, 3.05) is 13.1 Å². The Hall–Kier alpha value is -1.56. The molecule has 0 aliphatic carbocycles. The summed E-state index contributed by atoms with van der Waals surface area (Å²) in [5.74, 6) is 0. The van der Waals surface area contributed by atoms with E-state index in [1.807, 2.05) is 26.8 Å². The quantitative estimate of drug-likeness (QED) is 0.887. The number of ether oxygens (including phenoxy) is 1. The lowest BCUT2D eigenvalue weighted by Gasteiger charge is -2.33. The van der Waals surface area contributed by atoms with Crippen LogP contribution in [-0.4, -0.2) is 45.9 Å². The number of carbonyl (C=O) groups excluding carboxylic acids is 1. The highest BCUT2D eigenvalue weighted by atomic mass is 16.6. The average molecular weight is 280 g/mol. The van der Waals surface area contributed by atoms with Crippen LogP contribution in [0.1, 0.15) is 39.3 Å². The van der Waals surface area contributed by atoms with Crippen LogP contribution >= 0.6 is 0 Å². The minimum Gasteiger partial charge on any atom is -0.444 e. The highest BCUT2D eigenvalue weighted by Crippen LogP contribution is 2.15. The van der Waals surface area contributed by atoms with Gasteiger partial charge in [-0.3, -0.25) is 5.10 Å². The van der Waals surface area contributed by atoms with E-state index in [4.69, 9.17) is 4.74 Å². The van der Waals surface area contributed by atoms with Gasteiger partial charge in [0.1, 0.15) is 5.60 Å². The molecule has 0 radical (unpaired) electrons. The summed E-state index contributed by atoms with van der Waals surface area (Å²) in [6.45, 7) is 7.96. The van der Waals surface area contributed by atoms with Gasteiger partial charge < -0.3 is 15.0 Å². The van der Waals surface area contributed by atoms with Gasteiger partial charge in [-0.25, -0.2) is 4.79 Å². The number of piperidine rings is 1. The van der Waals surface area contributed by atoms with E-state index in [-0.39, 0.29) is 6.09 Å². The molecule has 1 amide bonds. The molecule has 112 valence electrons. The zero-order valence-corrected chi connectivity index (χ0v) is 12.5. The van der Waals surface area contributed by atoms with Crippen LogP contribution in [0, 0.1) is 0 Å². The zero-order valence-electron chi connectivity index (χ0n) is 12.5. The molecule has 0 bridgehead atoms. The van der Waals surface area contributed by atoms with Crippen molar-refractivity contribution < 1.29 is 9.53 Å². The molecule has 1 aliphatic rings. The summed E-state index contributed by atoms with van der Waals surface area (Å²) in [6, 6.07) is 2.40. The lowest BCUT2D eigenvalue weighted by molar-refractivity contribution is 0.0198. The number of amides is 1. The number of hydrogen-bond donors (Lipinski definition) is 2. The molecule has 20 heavy (non-hydrogen) atoms. The lowest BCUT2D eigenvalue weighted by atomic mass is 10.1. The summed E-state index contributed by atoms with van der Waals surface area (Å²) < 4.78 is 5.38. The molecule has 0 unspecified atom stereocenters. The summed E-state index contributed by atoms with van der Waals surface area (Å²) >= 11 is 0. The fourth-order valence-electron chi connectivity index (χ4n) is 2.23. The molecule has 1 aliphatic heterocycles. The van der Waals surface area contributed by atoms with Gasteiger partial charge in [-0.1, -0.05) is 0 Å². The number of rotatable bonds is 3. The Morgan fingerprint density at radius 3 is 2.75 bits per heavy atom. The number of hydrogen-bond acceptors (Lipinski definition) is 4. The first kappa shape index (κ1) is 14.8. The normalized spacial score (nSPS) is 17.2. The highest BCUT2D eigenvalue weighted by Gasteiger charge is 2.26. The third kappa shape index (κ3) is 4.52. The van der Waals surface area contributed by atoms with Crippen molar-refractivity contribution in [3.8, 4) is 0 Å². The van der Waals surface area contributed by atoms with Crippen LogP contribution in [0.4, 0.5) is 4.79 Å². The molecule has 6 heteroatoms. The standard InChI is InChI=1S/C14H24N4O2/c1-14(2,3)20-13(19)18-8-5-11(6-9-18)15-10-12-4-7-16-17-12/h4,7,11,15H,5-6,8-10H2,1-3H3,(H,16,17). The van der Waals surface area contributed by atoms with Gasteiger partial charge in [0.25, 0.3) is 0 Å². The molecule has 2 heterocycles. The van der Waals surface area contributed by atoms with Crippen LogP contribution in [0.2, 0.25) is 0 Å². The number of H-pyrrole nitrogens is 1. The van der Waals surface area contributed by atoms with Crippen LogP contribution in [-0.2, 0) is 11.3 Å². The maximum atomic E-state index is 11.9. The van der Waals surface area contributed by atoms with Gasteiger partial charge in [-0.2, -0.15) is 5.10 Å². The first-order chi connectivity index (χ1) is 9.44. The topological polar surface area (TPSA) is 70.2 Å². The molecule has 1 aromatic heterocycles. The van der Waals surface area contributed by atoms with E-state index < -0.39 is 5.60 Å². The molecule has 1 saturated heterocycles. The van der Waals surface area contributed by atoms with Crippen molar-refractivity contribution in [3.05, 3.63) is 18.0 Å². The first-order valence-corrected chi connectivity index (χ1v) is 7.13. The third-order valence-electron chi connectivity index (χ3n) is 3.29. The molecule has 2 N–H and O–H groups in total. The first-order valence-electron chi connectivity index (χ1n) is 7.13. The smallest absolute Gasteiger partial charge is 0.410 e. The molecule has 0 aromatic carbocycles. The molecule has 0 atom stereocenters. The molecule has 0 saturated carbocycles. The molecular weight excluding hydrogens is 256 g/mol. The number of aromatic amines is 1. The van der Waals surface area contributed by atoms with Gasteiger partial charge in [0.2, 0.25) is 0 Å². The maximum Gasteiger partial charge on any atom is 0.410 e. The number of nitrogens with one attached hydrogen (secondary N) is 2. The number of likely N-dealkylation sites (tertiary alicyclic amines) is 1. The number of aromatic nitrogens is 2. The average Bonchev–Trinajstić information content (AvgIpc) is 2.88. The Bertz CT molecular complexity index is 417. The Morgan fingerprint density at radius 2 is 2.20 bits per heavy atom. The minimum atomic E-state index is -0.424. The Balaban J connectivity index is 1.71. The Labute approximate surface area is 119 Å². The molecule has 0 spiro atoms. The molecule has 2 rings (SSSR count). The Morgan fingerprint density at radius 1 is 1.50 bits per heavy atom. The van der Waals surface area contributed by atoms with E-state index in [9.17, 15) is 4.79 Å². The SMILES string of the molecule is CC(C)(C)OC(=O)N1CCC(NCc2ccn[nH]2)CC1. The monoisotopic (exact) mass is 280 g/mol. The van der Waals surface area contributed by atoms with Gasteiger partial charge in [0, 0.05) is 37.6 Å². The predicted molar refractivity (Wildman–Crippen MR) is 76.3 cm³/mol. The van der Waals surface area contributed by atoms with Crippen LogP contribution < -0.4 is 5.32 Å². The second kappa shape index (κ2) is 6.26. The van der Waals surface area contributed by atoms with E-state index in [2.05, 4.69) is 15.5 Å². The molecule has 6 nitrogen and oxygen atoms in total. The second-order valence-electron chi connectivity index (χ2n) is 6.20. The van der Waals surface area contributed by atoms with E-state index in [1.165, 1.54) is 0 Å². The van der Waals surface area contributed by atoms with E-state index in [1.54, 1.807) is 11.1 Å². The van der Waals surface area contributed by atoms with Gasteiger partial charge in [0.05, 0.1) is 0 Å². The predicted octanol–water partition coefficient (Wildman–Crippen LogP) is 1.90. The fraction of sp³-hybridized carbons (Fsp3) is 0.714. The van der Waals surface area contributed by atoms with Crippen molar-refractivity contribution in [1.82, 2.24) is 20.4 Å². The molecular formula is C14H24N4O2. The van der Waals surface area contributed by atoms with Crippen LogP contribution in [0.3, 0.4) is 0 Å². The summed E-state index contributed by atoms with van der Waals surface area (Å²) in [7, 11) is 0. The van der Waals surface area contributed by atoms with Crippen molar-refractivity contribution in [2.45, 2.75) is 51.8 Å². The summed E-state index contributed by atoms with van der Waals surface area (Å²) in [5.41, 5.74) is 0.659. The number of nitrogens with zero attached hydrogens (tertiary/aromatic N) is 2. The highest BCUT2D eigenvalue weighted by molar-refractivity contribution is 5.68. The van der Waals surface area contributed by atoms with Crippen molar-refractivity contribution in [1.29, 1.82) is 0 Å². The van der Waals surface area contributed by atoms with Crippen LogP contribution in [0.25, 0.3) is 0 Å². The second-order valence-corrected chi connectivity index (χ2v) is 6.20. The van der Waals surface area contributed by atoms with Gasteiger partial charge in [-0.15, -0.1) is 0 Å². The molecule has 1 aromatic rings. The largest absolute Gasteiger partial charge is 0.444 e. The van der Waals surface area contributed by atoms with Crippen molar-refractivity contribution in [3.63, 3.8) is 0 Å². The van der Waals surface area contributed by atoms with E-state index >= 15 is 0 Å². The lowest BCUT2D eigenvalue weighted by Crippen LogP contribution is -2.46. The summed E-state index contributed by atoms with van der Waals surface area (Å²) in [4.78, 5) is 13.7. The fourth-order valence-corrected chi connectivity index (χ4v) is 2.23. The van der Waals surface area contributed by atoms with Gasteiger partial charge in [0.15, 0.2) is 0 Å². The van der Waals surface area contributed by atoms with Crippen LogP contribution in [0.5, 0.6) is 0 Å². The number of carbonyl (C=O) groups is 1. The minimum absolute atomic E-state index is 0.204. The summed E-state index contributed by atoms with van der Waals surface area (Å²) in [5, 5.41) is 10.3. The molecule has 1 fully saturated rings. The van der Waals surface area contributed by atoms with Gasteiger partial charge >= 0.3 is 6.09 Å². The van der Waals surface area contributed by atoms with Gasteiger partial charge in [-0.05, 0) is 39.7 Å². The summed E-state index contributed by atoms with van der Waals surface area (Å²) in [6.07, 6.45) is 3.45. The van der Waals surface area contributed by atoms with Crippen molar-refractivity contribution in [2.24, 2.45) is 0 Å². The maximum absolute atomic E-state index is 11.9. The van der Waals surface area contributed by atoms with Crippen molar-refractivity contribution >= 4 is 6.09 Å². The third-order valence-corrected chi connectivity index (χ3v) is 3.29.